The third-order valence-electron chi connectivity index (χ3n) is 4.15. The lowest BCUT2D eigenvalue weighted by atomic mass is 10.2. The van der Waals surface area contributed by atoms with E-state index >= 15 is 0 Å². The van der Waals surface area contributed by atoms with Crippen molar-refractivity contribution in [1.82, 2.24) is 20.0 Å². The van der Waals surface area contributed by atoms with Gasteiger partial charge >= 0.3 is 0 Å². The van der Waals surface area contributed by atoms with Crippen LogP contribution >= 0.6 is 0 Å². The minimum absolute atomic E-state index is 0.298. The van der Waals surface area contributed by atoms with E-state index in [1.54, 1.807) is 0 Å². The Balaban J connectivity index is 1.51. The van der Waals surface area contributed by atoms with Crippen molar-refractivity contribution < 1.29 is 4.52 Å². The second-order valence-corrected chi connectivity index (χ2v) is 5.75. The zero-order chi connectivity index (χ0) is 13.4. The van der Waals surface area contributed by atoms with E-state index in [1.165, 1.54) is 24.8 Å². The van der Waals surface area contributed by atoms with Gasteiger partial charge in [0, 0.05) is 24.9 Å². The molecule has 1 aliphatic carbocycles. The van der Waals surface area contributed by atoms with E-state index in [0.717, 1.165) is 31.2 Å². The first-order valence-corrected chi connectivity index (χ1v) is 7.36. The topological polar surface area (TPSA) is 55.1 Å². The van der Waals surface area contributed by atoms with Crippen LogP contribution in [0.2, 0.25) is 0 Å². The van der Waals surface area contributed by atoms with E-state index in [9.17, 15) is 0 Å². The van der Waals surface area contributed by atoms with Crippen LogP contribution in [0, 0.1) is 0 Å². The van der Waals surface area contributed by atoms with Crippen molar-refractivity contribution in [2.45, 2.75) is 44.2 Å². The lowest BCUT2D eigenvalue weighted by Crippen LogP contribution is -2.23. The average molecular weight is 270 g/mol. The van der Waals surface area contributed by atoms with Gasteiger partial charge in [-0.05, 0) is 43.9 Å². The van der Waals surface area contributed by atoms with Gasteiger partial charge in [0.1, 0.15) is 0 Å². The van der Waals surface area contributed by atoms with Crippen molar-refractivity contribution >= 4 is 0 Å². The Kier molecular flexibility index (Phi) is 2.99. The Bertz CT molecular complexity index is 579. The van der Waals surface area contributed by atoms with Crippen LogP contribution in [0.4, 0.5) is 0 Å². The predicted octanol–water partition coefficient (Wildman–Crippen LogP) is 2.68. The Morgan fingerprint density at radius 1 is 1.30 bits per heavy atom. The molecule has 1 unspecified atom stereocenters. The standard InChI is InChI=1S/C15H18N4O/c1-3-11(9-16-7-1)10-19-8-2-4-13(19)14-17-15(20-18-14)12-5-6-12/h1,3,7,9,12-13H,2,4-6,8,10H2. The molecule has 20 heavy (non-hydrogen) atoms. The molecule has 1 saturated carbocycles. The molecule has 2 aromatic rings. The summed E-state index contributed by atoms with van der Waals surface area (Å²) >= 11 is 0. The van der Waals surface area contributed by atoms with E-state index in [0.29, 0.717) is 12.0 Å². The van der Waals surface area contributed by atoms with Gasteiger partial charge in [0.2, 0.25) is 5.89 Å². The summed E-state index contributed by atoms with van der Waals surface area (Å²) in [5, 5.41) is 4.21. The minimum atomic E-state index is 0.298. The van der Waals surface area contributed by atoms with Gasteiger partial charge < -0.3 is 4.52 Å². The van der Waals surface area contributed by atoms with E-state index in [4.69, 9.17) is 4.52 Å². The second-order valence-electron chi connectivity index (χ2n) is 5.75. The summed E-state index contributed by atoms with van der Waals surface area (Å²) in [6.07, 6.45) is 8.45. The number of aromatic nitrogens is 3. The quantitative estimate of drug-likeness (QED) is 0.855. The molecule has 0 aromatic carbocycles. The van der Waals surface area contributed by atoms with Gasteiger partial charge in [0.15, 0.2) is 5.82 Å². The van der Waals surface area contributed by atoms with Crippen LogP contribution < -0.4 is 0 Å². The van der Waals surface area contributed by atoms with Crippen molar-refractivity contribution in [2.75, 3.05) is 6.54 Å². The van der Waals surface area contributed by atoms with E-state index in [-0.39, 0.29) is 0 Å². The summed E-state index contributed by atoms with van der Waals surface area (Å²) in [7, 11) is 0. The molecule has 1 aliphatic heterocycles. The molecule has 0 N–H and O–H groups in total. The molecule has 5 nitrogen and oxygen atoms in total. The first kappa shape index (κ1) is 12.0. The van der Waals surface area contributed by atoms with Gasteiger partial charge in [-0.15, -0.1) is 0 Å². The number of pyridine rings is 1. The summed E-state index contributed by atoms with van der Waals surface area (Å²) in [5.41, 5.74) is 1.24. The van der Waals surface area contributed by atoms with Gasteiger partial charge in [0.05, 0.1) is 6.04 Å². The lowest BCUT2D eigenvalue weighted by molar-refractivity contribution is 0.234. The number of likely N-dealkylation sites (tertiary alicyclic amines) is 1. The zero-order valence-corrected chi connectivity index (χ0v) is 11.4. The summed E-state index contributed by atoms with van der Waals surface area (Å²) in [4.78, 5) is 11.2. The van der Waals surface area contributed by atoms with Crippen LogP contribution in [0.3, 0.4) is 0 Å². The van der Waals surface area contributed by atoms with Gasteiger partial charge in [-0.2, -0.15) is 4.98 Å². The highest BCUT2D eigenvalue weighted by Crippen LogP contribution is 2.40. The third kappa shape index (κ3) is 2.33. The SMILES string of the molecule is c1cncc(CN2CCCC2c2noc(C3CC3)n2)c1. The Hall–Kier alpha value is -1.75. The summed E-state index contributed by atoms with van der Waals surface area (Å²) < 4.78 is 5.40. The number of nitrogens with zero attached hydrogens (tertiary/aromatic N) is 4. The first-order valence-electron chi connectivity index (χ1n) is 7.36. The molecule has 1 atom stereocenters. The molecule has 0 spiro atoms. The molecule has 104 valence electrons. The van der Waals surface area contributed by atoms with Gasteiger partial charge in [-0.1, -0.05) is 11.2 Å². The van der Waals surface area contributed by atoms with Crippen molar-refractivity contribution in [1.29, 1.82) is 0 Å². The summed E-state index contributed by atoms with van der Waals surface area (Å²) in [6, 6.07) is 4.40. The molecule has 0 bridgehead atoms. The number of hydrogen-bond donors (Lipinski definition) is 0. The van der Waals surface area contributed by atoms with E-state index in [2.05, 4.69) is 26.1 Å². The smallest absolute Gasteiger partial charge is 0.229 e. The van der Waals surface area contributed by atoms with Crippen molar-refractivity contribution in [3.8, 4) is 0 Å². The van der Waals surface area contributed by atoms with Crippen molar-refractivity contribution in [3.05, 3.63) is 41.8 Å². The van der Waals surface area contributed by atoms with E-state index in [1.807, 2.05) is 18.5 Å². The highest BCUT2D eigenvalue weighted by atomic mass is 16.5. The van der Waals surface area contributed by atoms with Gasteiger partial charge in [0.25, 0.3) is 0 Å². The first-order chi connectivity index (χ1) is 9.90. The average Bonchev–Trinajstić information content (AvgIpc) is 3.04. The number of hydrogen-bond acceptors (Lipinski definition) is 5. The highest BCUT2D eigenvalue weighted by Gasteiger charge is 2.34. The summed E-state index contributed by atoms with van der Waals surface area (Å²) in [5.74, 6) is 2.24. The Morgan fingerprint density at radius 3 is 3.05 bits per heavy atom. The maximum Gasteiger partial charge on any atom is 0.229 e. The second kappa shape index (κ2) is 4.98. The van der Waals surface area contributed by atoms with Crippen molar-refractivity contribution in [2.24, 2.45) is 0 Å². The Morgan fingerprint density at radius 2 is 2.25 bits per heavy atom. The highest BCUT2D eigenvalue weighted by molar-refractivity contribution is 5.10. The third-order valence-corrected chi connectivity index (χ3v) is 4.15. The Labute approximate surface area is 118 Å². The van der Waals surface area contributed by atoms with Crippen LogP contribution in [0.15, 0.2) is 29.0 Å². The maximum absolute atomic E-state index is 5.40. The minimum Gasteiger partial charge on any atom is -0.339 e. The zero-order valence-electron chi connectivity index (χ0n) is 11.4. The van der Waals surface area contributed by atoms with Crippen molar-refractivity contribution in [3.63, 3.8) is 0 Å². The maximum atomic E-state index is 5.40. The molecule has 1 saturated heterocycles. The molecule has 3 heterocycles. The molecule has 5 heteroatoms. The van der Waals surface area contributed by atoms with Gasteiger partial charge in [-0.25, -0.2) is 0 Å². The lowest BCUT2D eigenvalue weighted by Gasteiger charge is -2.21. The molecular weight excluding hydrogens is 252 g/mol. The normalized spacial score (nSPS) is 23.3. The fourth-order valence-electron chi connectivity index (χ4n) is 2.91. The molecule has 0 amide bonds. The molecule has 0 radical (unpaired) electrons. The van der Waals surface area contributed by atoms with Crippen LogP contribution in [-0.4, -0.2) is 26.6 Å². The summed E-state index contributed by atoms with van der Waals surface area (Å²) in [6.45, 7) is 2.00. The molecule has 2 fully saturated rings. The van der Waals surface area contributed by atoms with Gasteiger partial charge in [-0.3, -0.25) is 9.88 Å². The molecular formula is C15H18N4O. The van der Waals surface area contributed by atoms with Crippen LogP contribution in [0.1, 0.15) is 54.9 Å². The monoisotopic (exact) mass is 270 g/mol. The fraction of sp³-hybridized carbons (Fsp3) is 0.533. The predicted molar refractivity (Wildman–Crippen MR) is 72.9 cm³/mol. The molecule has 4 rings (SSSR count). The van der Waals surface area contributed by atoms with Crippen LogP contribution in [-0.2, 0) is 6.54 Å². The fourth-order valence-corrected chi connectivity index (χ4v) is 2.91. The largest absolute Gasteiger partial charge is 0.339 e. The molecule has 2 aromatic heterocycles. The van der Waals surface area contributed by atoms with E-state index < -0.39 is 0 Å². The number of rotatable bonds is 4. The van der Waals surface area contributed by atoms with Crippen LogP contribution in [0.5, 0.6) is 0 Å². The molecule has 2 aliphatic rings. The van der Waals surface area contributed by atoms with Crippen LogP contribution in [0.25, 0.3) is 0 Å².